The van der Waals surface area contributed by atoms with Crippen LogP contribution in [-0.4, -0.2) is 9.13 Å². The SMILES string of the molecule is N#Cc1cc(-c2cc(C#N)c(C#N)c(C#N)c2-n2c3ccccc3c3ccccc32)cc(-n2c3ccccc3c3c4oc5ccccc5c4ccc32)c1. The van der Waals surface area contributed by atoms with Crippen molar-refractivity contribution in [2.75, 3.05) is 0 Å². The average Bonchev–Trinajstić information content (AvgIpc) is 3.87. The number of furan rings is 1. The van der Waals surface area contributed by atoms with E-state index in [1.165, 1.54) is 0 Å². The van der Waals surface area contributed by atoms with Crippen LogP contribution in [0.4, 0.5) is 0 Å². The number of hydrogen-bond donors (Lipinski definition) is 0. The molecule has 0 atom stereocenters. The van der Waals surface area contributed by atoms with Crippen molar-refractivity contribution in [2.24, 2.45) is 0 Å². The van der Waals surface area contributed by atoms with Crippen molar-refractivity contribution < 1.29 is 4.42 Å². The molecule has 53 heavy (non-hydrogen) atoms. The van der Waals surface area contributed by atoms with Crippen LogP contribution in [0.2, 0.25) is 0 Å². The highest BCUT2D eigenvalue weighted by atomic mass is 16.3. The predicted octanol–water partition coefficient (Wildman–Crippen LogP) is 10.9. The zero-order valence-corrected chi connectivity index (χ0v) is 27.8. The number of nitrogens with zero attached hydrogens (tertiary/aromatic N) is 6. The van der Waals surface area contributed by atoms with Crippen LogP contribution in [0.1, 0.15) is 22.3 Å². The molecule has 0 aliphatic rings. The van der Waals surface area contributed by atoms with E-state index in [4.69, 9.17) is 4.42 Å². The standard InChI is InChI=1S/C46H22N6O/c47-23-27-19-28(21-30(20-27)51-41-15-7-3-12-35(41)44-42(51)18-17-34-33-11-4-8-16-43(33)53-46(34)44)36-22-29(24-48)37(25-49)38(26-50)45(36)52-39-13-5-1-9-31(39)32-10-2-6-14-40(32)52/h1-22H. The lowest BCUT2D eigenvalue weighted by Gasteiger charge is -2.19. The van der Waals surface area contributed by atoms with Gasteiger partial charge < -0.3 is 13.6 Å². The van der Waals surface area contributed by atoms with Crippen LogP contribution >= 0.6 is 0 Å². The summed E-state index contributed by atoms with van der Waals surface area (Å²) in [5.41, 5.74) is 8.00. The van der Waals surface area contributed by atoms with Gasteiger partial charge in [-0.05, 0) is 66.2 Å². The Morgan fingerprint density at radius 2 is 1.09 bits per heavy atom. The molecule has 242 valence electrons. The van der Waals surface area contributed by atoms with Crippen LogP contribution in [0.3, 0.4) is 0 Å². The maximum absolute atomic E-state index is 10.8. The highest BCUT2D eigenvalue weighted by Gasteiger charge is 2.25. The molecule has 0 aliphatic heterocycles. The van der Waals surface area contributed by atoms with E-state index in [1.54, 1.807) is 12.1 Å². The van der Waals surface area contributed by atoms with Gasteiger partial charge in [0.25, 0.3) is 0 Å². The lowest BCUT2D eigenvalue weighted by atomic mass is 9.91. The lowest BCUT2D eigenvalue weighted by Crippen LogP contribution is -2.06. The fourth-order valence-corrected chi connectivity index (χ4v) is 8.07. The van der Waals surface area contributed by atoms with E-state index in [9.17, 15) is 21.0 Å². The van der Waals surface area contributed by atoms with Gasteiger partial charge in [-0.25, -0.2) is 0 Å². The van der Waals surface area contributed by atoms with Gasteiger partial charge in [0.1, 0.15) is 29.4 Å². The van der Waals surface area contributed by atoms with Gasteiger partial charge in [-0.15, -0.1) is 0 Å². The summed E-state index contributed by atoms with van der Waals surface area (Å²) in [5, 5.41) is 47.8. The van der Waals surface area contributed by atoms with E-state index in [2.05, 4.69) is 59.2 Å². The summed E-state index contributed by atoms with van der Waals surface area (Å²) in [6.45, 7) is 0. The highest BCUT2D eigenvalue weighted by Crippen LogP contribution is 2.43. The summed E-state index contributed by atoms with van der Waals surface area (Å²) in [6, 6.07) is 52.4. The van der Waals surface area contributed by atoms with Gasteiger partial charge in [0, 0.05) is 38.2 Å². The van der Waals surface area contributed by atoms with Crippen molar-refractivity contribution in [1.29, 1.82) is 21.0 Å². The molecule has 0 fully saturated rings. The molecule has 0 aliphatic carbocycles. The van der Waals surface area contributed by atoms with Gasteiger partial charge in [-0.2, -0.15) is 21.0 Å². The molecule has 10 aromatic rings. The maximum atomic E-state index is 10.8. The fourth-order valence-electron chi connectivity index (χ4n) is 8.07. The Kier molecular flexibility index (Phi) is 6.30. The topological polar surface area (TPSA) is 118 Å². The molecule has 0 unspecified atom stereocenters. The summed E-state index contributed by atoms with van der Waals surface area (Å²) in [5.74, 6) is 0. The summed E-state index contributed by atoms with van der Waals surface area (Å²) < 4.78 is 10.6. The molecule has 0 saturated carbocycles. The molecule has 0 amide bonds. The summed E-state index contributed by atoms with van der Waals surface area (Å²) >= 11 is 0. The van der Waals surface area contributed by atoms with Crippen LogP contribution in [0.5, 0.6) is 0 Å². The van der Waals surface area contributed by atoms with Gasteiger partial charge in [-0.1, -0.05) is 72.8 Å². The molecule has 3 heterocycles. The Bertz CT molecular complexity index is 3350. The van der Waals surface area contributed by atoms with Crippen LogP contribution in [0.15, 0.2) is 138 Å². The van der Waals surface area contributed by atoms with E-state index in [0.29, 0.717) is 22.4 Å². The van der Waals surface area contributed by atoms with Crippen molar-refractivity contribution in [1.82, 2.24) is 9.13 Å². The Hall–Kier alpha value is -8.10. The minimum absolute atomic E-state index is 0.00419. The first kappa shape index (κ1) is 29.8. The van der Waals surface area contributed by atoms with Crippen LogP contribution in [0, 0.1) is 45.3 Å². The molecule has 3 aromatic heterocycles. The Labute approximate surface area is 301 Å². The van der Waals surface area contributed by atoms with Gasteiger partial charge in [0.05, 0.1) is 61.5 Å². The van der Waals surface area contributed by atoms with Crippen molar-refractivity contribution in [3.8, 4) is 46.8 Å². The third kappa shape index (κ3) is 4.11. The molecule has 0 radical (unpaired) electrons. The summed E-state index contributed by atoms with van der Waals surface area (Å²) in [7, 11) is 0. The molecule has 7 heteroatoms. The van der Waals surface area contributed by atoms with Gasteiger partial charge in [-0.3, -0.25) is 0 Å². The number of hydrogen-bond acceptors (Lipinski definition) is 5. The van der Waals surface area contributed by atoms with Crippen LogP contribution < -0.4 is 0 Å². The quantitative estimate of drug-likeness (QED) is 0.185. The Balaban J connectivity index is 1.33. The van der Waals surface area contributed by atoms with Gasteiger partial charge in [0.15, 0.2) is 0 Å². The average molecular weight is 675 g/mol. The second-order valence-electron chi connectivity index (χ2n) is 12.9. The van der Waals surface area contributed by atoms with Gasteiger partial charge >= 0.3 is 0 Å². The van der Waals surface area contributed by atoms with Crippen molar-refractivity contribution >= 4 is 65.6 Å². The molecular formula is C46H22N6O. The zero-order valence-electron chi connectivity index (χ0n) is 27.8. The number of nitriles is 4. The second-order valence-corrected chi connectivity index (χ2v) is 12.9. The second kappa shape index (κ2) is 11.2. The summed E-state index contributed by atoms with van der Waals surface area (Å²) in [6.07, 6.45) is 0. The normalized spacial score (nSPS) is 11.3. The molecular weight excluding hydrogens is 653 g/mol. The smallest absolute Gasteiger partial charge is 0.145 e. The van der Waals surface area contributed by atoms with E-state index in [0.717, 1.165) is 71.2 Å². The minimum Gasteiger partial charge on any atom is -0.455 e. The number of benzene rings is 7. The minimum atomic E-state index is 0.00419. The van der Waals surface area contributed by atoms with E-state index in [-0.39, 0.29) is 16.7 Å². The molecule has 7 nitrogen and oxygen atoms in total. The largest absolute Gasteiger partial charge is 0.455 e. The number of aromatic nitrogens is 2. The molecule has 0 N–H and O–H groups in total. The molecule has 0 bridgehead atoms. The predicted molar refractivity (Wildman–Crippen MR) is 207 cm³/mol. The fraction of sp³-hybridized carbons (Fsp3) is 0. The lowest BCUT2D eigenvalue weighted by molar-refractivity contribution is 0.673. The Morgan fingerprint density at radius 3 is 1.75 bits per heavy atom. The monoisotopic (exact) mass is 674 g/mol. The van der Waals surface area contributed by atoms with E-state index < -0.39 is 0 Å². The number of fused-ring (bicyclic) bond motifs is 10. The first-order chi connectivity index (χ1) is 26.1. The van der Waals surface area contributed by atoms with Gasteiger partial charge in [0.2, 0.25) is 0 Å². The first-order valence-electron chi connectivity index (χ1n) is 16.9. The zero-order chi connectivity index (χ0) is 35.8. The third-order valence-corrected chi connectivity index (χ3v) is 10.2. The molecule has 0 spiro atoms. The first-order valence-corrected chi connectivity index (χ1v) is 16.9. The highest BCUT2D eigenvalue weighted by molar-refractivity contribution is 6.24. The third-order valence-electron chi connectivity index (χ3n) is 10.2. The van der Waals surface area contributed by atoms with Crippen LogP contribution in [-0.2, 0) is 0 Å². The molecule has 0 saturated heterocycles. The summed E-state index contributed by atoms with van der Waals surface area (Å²) in [4.78, 5) is 0. The van der Waals surface area contributed by atoms with Crippen molar-refractivity contribution in [3.05, 3.63) is 156 Å². The Morgan fingerprint density at radius 1 is 0.472 bits per heavy atom. The van der Waals surface area contributed by atoms with Crippen LogP contribution in [0.25, 0.3) is 88.1 Å². The number of rotatable bonds is 3. The van der Waals surface area contributed by atoms with E-state index in [1.807, 2.05) is 95.6 Å². The number of para-hydroxylation sites is 4. The van der Waals surface area contributed by atoms with Crippen molar-refractivity contribution in [3.63, 3.8) is 0 Å². The van der Waals surface area contributed by atoms with Crippen molar-refractivity contribution in [2.45, 2.75) is 0 Å². The molecule has 10 rings (SSSR count). The molecule has 7 aromatic carbocycles. The van der Waals surface area contributed by atoms with E-state index >= 15 is 0 Å². The maximum Gasteiger partial charge on any atom is 0.145 e.